The van der Waals surface area contributed by atoms with Crippen molar-refractivity contribution >= 4 is 17.1 Å². The molecule has 1 atom stereocenters. The Labute approximate surface area is 165 Å². The number of nitrogens with zero attached hydrogens (tertiary/aromatic N) is 3. The zero-order chi connectivity index (χ0) is 19.7. The lowest BCUT2D eigenvalue weighted by molar-refractivity contribution is 0.0513. The average molecular weight is 386 g/mol. The highest BCUT2D eigenvalue weighted by molar-refractivity contribution is 5.75. The summed E-state index contributed by atoms with van der Waals surface area (Å²) in [7, 11) is 1.44. The fraction of sp³-hybridized carbons (Fsp3) is 0.619. The normalized spacial score (nSPS) is 23.1. The Morgan fingerprint density at radius 1 is 1.25 bits per heavy atom. The molecule has 0 radical (unpaired) electrons. The summed E-state index contributed by atoms with van der Waals surface area (Å²) >= 11 is 0. The third kappa shape index (κ3) is 3.68. The number of imidazole rings is 1. The minimum atomic E-state index is -0.223. The van der Waals surface area contributed by atoms with Gasteiger partial charge in [-0.05, 0) is 49.8 Å². The summed E-state index contributed by atoms with van der Waals surface area (Å²) in [5, 5.41) is 0. The highest BCUT2D eigenvalue weighted by atomic mass is 16.5. The molecule has 0 bridgehead atoms. The number of rotatable bonds is 3. The van der Waals surface area contributed by atoms with Crippen LogP contribution in [0.25, 0.3) is 11.0 Å². The molecule has 28 heavy (non-hydrogen) atoms. The number of carbonyl (C=O) groups excluding carboxylic acids is 1. The minimum absolute atomic E-state index is 0.00866. The number of methoxy groups -OCH3 is 1. The van der Waals surface area contributed by atoms with Crippen molar-refractivity contribution in [2.24, 2.45) is 5.41 Å². The predicted octanol–water partition coefficient (Wildman–Crippen LogP) is 2.84. The molecular formula is C21H30N4O3. The van der Waals surface area contributed by atoms with Crippen molar-refractivity contribution in [1.82, 2.24) is 19.4 Å². The molecular weight excluding hydrogens is 356 g/mol. The number of benzene rings is 1. The van der Waals surface area contributed by atoms with Crippen molar-refractivity contribution in [2.75, 3.05) is 39.8 Å². The van der Waals surface area contributed by atoms with Gasteiger partial charge in [0.25, 0.3) is 0 Å². The first kappa shape index (κ1) is 19.1. The topological polar surface area (TPSA) is 70.6 Å². The number of para-hydroxylation sites is 2. The van der Waals surface area contributed by atoms with Crippen LogP contribution in [0.2, 0.25) is 0 Å². The average Bonchev–Trinajstić information content (AvgIpc) is 3.03. The number of piperidine rings is 2. The number of H-pyrrole nitrogens is 1. The largest absolute Gasteiger partial charge is 0.453 e. The smallest absolute Gasteiger partial charge is 0.409 e. The molecule has 1 aromatic heterocycles. The third-order valence-corrected chi connectivity index (χ3v) is 6.48. The van der Waals surface area contributed by atoms with E-state index < -0.39 is 0 Å². The van der Waals surface area contributed by atoms with Gasteiger partial charge < -0.3 is 19.5 Å². The molecule has 0 saturated carbocycles. The second-order valence-electron chi connectivity index (χ2n) is 8.62. The number of aromatic nitrogens is 2. The maximum absolute atomic E-state index is 12.6. The van der Waals surface area contributed by atoms with Gasteiger partial charge in [-0.1, -0.05) is 19.1 Å². The van der Waals surface area contributed by atoms with Crippen LogP contribution in [0, 0.1) is 5.41 Å². The number of likely N-dealkylation sites (tertiary alicyclic amines) is 2. The van der Waals surface area contributed by atoms with Crippen LogP contribution in [0.3, 0.4) is 0 Å². The van der Waals surface area contributed by atoms with Crippen molar-refractivity contribution in [3.63, 3.8) is 0 Å². The van der Waals surface area contributed by atoms with Crippen molar-refractivity contribution < 1.29 is 9.53 Å². The molecule has 2 aliphatic rings. The number of carbonyl (C=O) groups is 1. The van der Waals surface area contributed by atoms with Gasteiger partial charge in [0, 0.05) is 26.2 Å². The molecule has 0 unspecified atom stereocenters. The van der Waals surface area contributed by atoms with Gasteiger partial charge >= 0.3 is 11.8 Å². The standard InChI is InChI=1S/C21H30N4O3/c1-21(9-12-24(13-10-21)20(27)28-2)15-23-11-5-6-16(14-23)25-18-8-4-3-7-17(18)22-19(25)26/h3-4,7-8,16H,5-6,9-15H2,1-2H3,(H,22,26)/t16-/m1/s1. The molecule has 1 aromatic carbocycles. The first-order valence-electron chi connectivity index (χ1n) is 10.2. The SMILES string of the molecule is COC(=O)N1CCC(C)(CN2CCC[C@@H](n3c(=O)[nH]c4ccccc43)C2)CC1. The van der Waals surface area contributed by atoms with Gasteiger partial charge in [0.2, 0.25) is 0 Å². The summed E-state index contributed by atoms with van der Waals surface area (Å²) in [5.74, 6) is 0. The van der Waals surface area contributed by atoms with Crippen LogP contribution in [0.15, 0.2) is 29.1 Å². The summed E-state index contributed by atoms with van der Waals surface area (Å²) in [6.45, 7) is 6.81. The molecule has 1 amide bonds. The molecule has 7 heteroatoms. The van der Waals surface area contributed by atoms with Crippen LogP contribution < -0.4 is 5.69 Å². The van der Waals surface area contributed by atoms with E-state index in [1.165, 1.54) is 7.11 Å². The van der Waals surface area contributed by atoms with Crippen LogP contribution in [0.5, 0.6) is 0 Å². The Hall–Kier alpha value is -2.28. The number of fused-ring (bicyclic) bond motifs is 1. The molecule has 4 rings (SSSR count). The number of amides is 1. The lowest BCUT2D eigenvalue weighted by Crippen LogP contribution is -2.49. The minimum Gasteiger partial charge on any atom is -0.453 e. The highest BCUT2D eigenvalue weighted by Crippen LogP contribution is 2.34. The number of hydrogen-bond acceptors (Lipinski definition) is 4. The van der Waals surface area contributed by atoms with Crippen molar-refractivity contribution in [3.8, 4) is 0 Å². The molecule has 2 aromatic rings. The van der Waals surface area contributed by atoms with E-state index in [-0.39, 0.29) is 23.2 Å². The summed E-state index contributed by atoms with van der Waals surface area (Å²) in [6.07, 6.45) is 3.87. The number of nitrogens with one attached hydrogen (secondary N) is 1. The Bertz CT molecular complexity index is 894. The Balaban J connectivity index is 1.44. The Kier molecular flexibility index (Phi) is 5.19. The highest BCUT2D eigenvalue weighted by Gasteiger charge is 2.35. The first-order valence-corrected chi connectivity index (χ1v) is 10.2. The molecule has 1 N–H and O–H groups in total. The van der Waals surface area contributed by atoms with E-state index >= 15 is 0 Å². The van der Waals surface area contributed by atoms with Gasteiger partial charge in [-0.3, -0.25) is 4.57 Å². The van der Waals surface area contributed by atoms with E-state index in [1.807, 2.05) is 28.8 Å². The number of ether oxygens (including phenoxy) is 1. The molecule has 152 valence electrons. The monoisotopic (exact) mass is 386 g/mol. The lowest BCUT2D eigenvalue weighted by Gasteiger charge is -2.43. The summed E-state index contributed by atoms with van der Waals surface area (Å²) in [5.41, 5.74) is 2.09. The molecule has 2 saturated heterocycles. The molecule has 7 nitrogen and oxygen atoms in total. The van der Waals surface area contributed by atoms with E-state index in [0.29, 0.717) is 0 Å². The van der Waals surface area contributed by atoms with E-state index in [2.05, 4.69) is 16.8 Å². The van der Waals surface area contributed by atoms with E-state index in [0.717, 1.165) is 69.4 Å². The maximum atomic E-state index is 12.6. The van der Waals surface area contributed by atoms with Gasteiger partial charge in [-0.15, -0.1) is 0 Å². The summed E-state index contributed by atoms with van der Waals surface area (Å²) in [6, 6.07) is 8.14. The Morgan fingerprint density at radius 2 is 2.00 bits per heavy atom. The second kappa shape index (κ2) is 7.62. The van der Waals surface area contributed by atoms with Gasteiger partial charge in [0.05, 0.1) is 24.2 Å². The van der Waals surface area contributed by atoms with Gasteiger partial charge in [0.1, 0.15) is 0 Å². The van der Waals surface area contributed by atoms with Crippen LogP contribution >= 0.6 is 0 Å². The third-order valence-electron chi connectivity index (χ3n) is 6.48. The molecule has 2 aliphatic heterocycles. The van der Waals surface area contributed by atoms with Crippen molar-refractivity contribution in [3.05, 3.63) is 34.7 Å². The quantitative estimate of drug-likeness (QED) is 0.881. The van der Waals surface area contributed by atoms with E-state index in [1.54, 1.807) is 4.90 Å². The van der Waals surface area contributed by atoms with Crippen molar-refractivity contribution in [2.45, 2.75) is 38.6 Å². The van der Waals surface area contributed by atoms with Gasteiger partial charge in [-0.25, -0.2) is 9.59 Å². The first-order chi connectivity index (χ1) is 13.5. The number of aromatic amines is 1. The van der Waals surface area contributed by atoms with E-state index in [4.69, 9.17) is 4.74 Å². The van der Waals surface area contributed by atoms with E-state index in [9.17, 15) is 9.59 Å². The van der Waals surface area contributed by atoms with Gasteiger partial charge in [0.15, 0.2) is 0 Å². The van der Waals surface area contributed by atoms with Crippen LogP contribution in [-0.4, -0.2) is 65.3 Å². The second-order valence-corrected chi connectivity index (χ2v) is 8.62. The van der Waals surface area contributed by atoms with Crippen molar-refractivity contribution in [1.29, 1.82) is 0 Å². The molecule has 3 heterocycles. The van der Waals surface area contributed by atoms with Gasteiger partial charge in [-0.2, -0.15) is 0 Å². The molecule has 0 aliphatic carbocycles. The predicted molar refractivity (Wildman–Crippen MR) is 109 cm³/mol. The van der Waals surface area contributed by atoms with Crippen LogP contribution in [-0.2, 0) is 4.74 Å². The zero-order valence-corrected chi connectivity index (χ0v) is 16.8. The lowest BCUT2D eigenvalue weighted by atomic mass is 9.79. The van der Waals surface area contributed by atoms with Crippen LogP contribution in [0.1, 0.15) is 38.6 Å². The maximum Gasteiger partial charge on any atom is 0.409 e. The van der Waals surface area contributed by atoms with Crippen LogP contribution in [0.4, 0.5) is 4.79 Å². The fourth-order valence-electron chi connectivity index (χ4n) is 4.88. The summed E-state index contributed by atoms with van der Waals surface area (Å²) in [4.78, 5) is 31.6. The fourth-order valence-corrected chi connectivity index (χ4v) is 4.88. The summed E-state index contributed by atoms with van der Waals surface area (Å²) < 4.78 is 6.80. The Morgan fingerprint density at radius 3 is 2.75 bits per heavy atom. The molecule has 2 fully saturated rings. The molecule has 0 spiro atoms. The zero-order valence-electron chi connectivity index (χ0n) is 16.8. The number of hydrogen-bond donors (Lipinski definition) is 1.